The Bertz CT molecular complexity index is 1100. The minimum Gasteiger partial charge on any atom is -0.337 e. The van der Waals surface area contributed by atoms with Crippen molar-refractivity contribution in [3.63, 3.8) is 0 Å². The first-order chi connectivity index (χ1) is 13.9. The Labute approximate surface area is 169 Å². The van der Waals surface area contributed by atoms with Crippen LogP contribution in [0.3, 0.4) is 0 Å². The number of nitrogens with zero attached hydrogens (tertiary/aromatic N) is 3. The van der Waals surface area contributed by atoms with E-state index >= 15 is 0 Å². The average molecular weight is 388 g/mol. The fourth-order valence-electron chi connectivity index (χ4n) is 3.98. The molecule has 0 unspecified atom stereocenters. The molecule has 3 aromatic rings. The Balaban J connectivity index is 1.39. The number of aromatic nitrogens is 2. The average Bonchev–Trinajstić information content (AvgIpc) is 3.45. The number of hydrogen-bond acceptors (Lipinski definition) is 3. The number of fused-ring (bicyclic) bond motifs is 1. The smallest absolute Gasteiger partial charge is 0.253 e. The first-order valence-electron chi connectivity index (χ1n) is 10.1. The number of anilines is 1. The summed E-state index contributed by atoms with van der Waals surface area (Å²) in [5, 5.41) is 2.91. The molecule has 6 heteroatoms. The van der Waals surface area contributed by atoms with Gasteiger partial charge in [0.25, 0.3) is 5.91 Å². The number of likely N-dealkylation sites (tertiary alicyclic amines) is 1. The first kappa shape index (κ1) is 17.9. The third kappa shape index (κ3) is 3.39. The van der Waals surface area contributed by atoms with Crippen molar-refractivity contribution in [3.8, 4) is 11.3 Å². The molecular formula is C23H24N4O2. The van der Waals surface area contributed by atoms with Gasteiger partial charge >= 0.3 is 0 Å². The van der Waals surface area contributed by atoms with Gasteiger partial charge < -0.3 is 10.2 Å². The van der Waals surface area contributed by atoms with Gasteiger partial charge in [-0.3, -0.25) is 14.0 Å². The van der Waals surface area contributed by atoms with Crippen LogP contribution in [0, 0.1) is 11.3 Å². The summed E-state index contributed by atoms with van der Waals surface area (Å²) in [6, 6.07) is 13.6. The summed E-state index contributed by atoms with van der Waals surface area (Å²) in [5.41, 5.74) is 3.66. The zero-order chi connectivity index (χ0) is 20.2. The topological polar surface area (TPSA) is 66.7 Å². The zero-order valence-corrected chi connectivity index (χ0v) is 16.7. The molecule has 1 saturated heterocycles. The second-order valence-electron chi connectivity index (χ2n) is 8.93. The molecule has 0 radical (unpaired) electrons. The van der Waals surface area contributed by atoms with Gasteiger partial charge in [0, 0.05) is 24.6 Å². The van der Waals surface area contributed by atoms with Crippen LogP contribution in [-0.4, -0.2) is 39.2 Å². The van der Waals surface area contributed by atoms with Crippen molar-refractivity contribution in [1.29, 1.82) is 0 Å². The van der Waals surface area contributed by atoms with Gasteiger partial charge in [0.05, 0.1) is 11.9 Å². The van der Waals surface area contributed by atoms with Crippen LogP contribution in [0.1, 0.15) is 37.0 Å². The van der Waals surface area contributed by atoms with Crippen LogP contribution < -0.4 is 5.32 Å². The molecule has 3 heterocycles. The first-order valence-corrected chi connectivity index (χ1v) is 10.1. The normalized spacial score (nSPS) is 17.8. The van der Waals surface area contributed by atoms with Crippen LogP contribution >= 0.6 is 0 Å². The number of carbonyl (C=O) groups excluding carboxylic acids is 2. The highest BCUT2D eigenvalue weighted by Crippen LogP contribution is 2.31. The van der Waals surface area contributed by atoms with Crippen molar-refractivity contribution in [1.82, 2.24) is 14.3 Å². The molecule has 0 atom stereocenters. The standard InChI is InChI=1S/C23H24N4O2/c1-23(2)13-26(14-23)22(29)17-10-6-15(7-11-17)18-4-3-5-20-24-19(12-27(18)20)25-21(28)16-8-9-16/h3-7,10-12,16H,8-9,13-14H2,1-2H3,(H,25,28). The van der Waals surface area contributed by atoms with Crippen LogP contribution in [0.15, 0.2) is 48.7 Å². The molecular weight excluding hydrogens is 364 g/mol. The van der Waals surface area contributed by atoms with E-state index in [1.165, 1.54) is 0 Å². The maximum atomic E-state index is 12.6. The van der Waals surface area contributed by atoms with Crippen molar-refractivity contribution in [3.05, 3.63) is 54.2 Å². The molecule has 1 aromatic carbocycles. The van der Waals surface area contributed by atoms with Gasteiger partial charge in [0.2, 0.25) is 5.91 Å². The van der Waals surface area contributed by atoms with Gasteiger partial charge in [0.15, 0.2) is 5.82 Å². The Morgan fingerprint density at radius 2 is 1.79 bits per heavy atom. The number of imidazole rings is 1. The van der Waals surface area contributed by atoms with E-state index in [9.17, 15) is 9.59 Å². The molecule has 5 rings (SSSR count). The number of nitrogens with one attached hydrogen (secondary N) is 1. The van der Waals surface area contributed by atoms with E-state index in [-0.39, 0.29) is 23.1 Å². The highest BCUT2D eigenvalue weighted by atomic mass is 16.2. The van der Waals surface area contributed by atoms with Crippen molar-refractivity contribution in [2.75, 3.05) is 18.4 Å². The number of rotatable bonds is 4. The van der Waals surface area contributed by atoms with E-state index in [1.54, 1.807) is 0 Å². The van der Waals surface area contributed by atoms with E-state index in [0.717, 1.165) is 42.8 Å². The molecule has 2 amide bonds. The van der Waals surface area contributed by atoms with Crippen LogP contribution in [0.5, 0.6) is 0 Å². The number of hydrogen-bond donors (Lipinski definition) is 1. The lowest BCUT2D eigenvalue weighted by atomic mass is 9.84. The number of amides is 2. The molecule has 0 bridgehead atoms. The summed E-state index contributed by atoms with van der Waals surface area (Å²) in [5.74, 6) is 0.844. The Kier molecular flexibility index (Phi) is 3.98. The molecule has 1 saturated carbocycles. The van der Waals surface area contributed by atoms with E-state index in [0.29, 0.717) is 11.4 Å². The third-order valence-electron chi connectivity index (χ3n) is 5.64. The highest BCUT2D eigenvalue weighted by Gasteiger charge is 2.37. The molecule has 0 spiro atoms. The molecule has 29 heavy (non-hydrogen) atoms. The van der Waals surface area contributed by atoms with E-state index in [4.69, 9.17) is 0 Å². The van der Waals surface area contributed by atoms with Crippen molar-refractivity contribution in [2.45, 2.75) is 26.7 Å². The van der Waals surface area contributed by atoms with Crippen molar-refractivity contribution >= 4 is 23.3 Å². The molecule has 148 valence electrons. The summed E-state index contributed by atoms with van der Waals surface area (Å²) in [6.45, 7) is 5.95. The fraction of sp³-hybridized carbons (Fsp3) is 0.348. The molecule has 2 fully saturated rings. The number of benzene rings is 1. The predicted octanol–water partition coefficient (Wildman–Crippen LogP) is 3.83. The zero-order valence-electron chi connectivity index (χ0n) is 16.7. The van der Waals surface area contributed by atoms with Gasteiger partial charge in [-0.2, -0.15) is 0 Å². The second kappa shape index (κ2) is 6.44. The fourth-order valence-corrected chi connectivity index (χ4v) is 3.98. The minimum atomic E-state index is 0.0481. The molecule has 1 N–H and O–H groups in total. The summed E-state index contributed by atoms with van der Waals surface area (Å²) >= 11 is 0. The quantitative estimate of drug-likeness (QED) is 0.739. The summed E-state index contributed by atoms with van der Waals surface area (Å²) in [4.78, 5) is 31.1. The highest BCUT2D eigenvalue weighted by molar-refractivity contribution is 5.95. The predicted molar refractivity (Wildman–Crippen MR) is 112 cm³/mol. The Morgan fingerprint density at radius 3 is 2.45 bits per heavy atom. The maximum Gasteiger partial charge on any atom is 0.253 e. The molecule has 2 aromatic heterocycles. The van der Waals surface area contributed by atoms with Crippen molar-refractivity contribution in [2.24, 2.45) is 11.3 Å². The number of pyridine rings is 1. The monoisotopic (exact) mass is 388 g/mol. The molecule has 1 aliphatic heterocycles. The van der Waals surface area contributed by atoms with Gasteiger partial charge in [0.1, 0.15) is 5.65 Å². The largest absolute Gasteiger partial charge is 0.337 e. The summed E-state index contributed by atoms with van der Waals surface area (Å²) in [6.07, 6.45) is 3.78. The molecule has 1 aliphatic carbocycles. The minimum absolute atomic E-state index is 0.0481. The van der Waals surface area contributed by atoms with Gasteiger partial charge in [-0.05, 0) is 48.1 Å². The van der Waals surface area contributed by atoms with Crippen LogP contribution in [0.2, 0.25) is 0 Å². The second-order valence-corrected chi connectivity index (χ2v) is 8.93. The van der Waals surface area contributed by atoms with Crippen LogP contribution in [-0.2, 0) is 4.79 Å². The van der Waals surface area contributed by atoms with Gasteiger partial charge in [-0.25, -0.2) is 4.98 Å². The summed E-state index contributed by atoms with van der Waals surface area (Å²) in [7, 11) is 0. The van der Waals surface area contributed by atoms with E-state index in [1.807, 2.05) is 58.0 Å². The van der Waals surface area contributed by atoms with Gasteiger partial charge in [-0.15, -0.1) is 0 Å². The summed E-state index contributed by atoms with van der Waals surface area (Å²) < 4.78 is 1.97. The lowest BCUT2D eigenvalue weighted by Crippen LogP contribution is -2.55. The van der Waals surface area contributed by atoms with Crippen molar-refractivity contribution < 1.29 is 9.59 Å². The Hall–Kier alpha value is -3.15. The van der Waals surface area contributed by atoms with E-state index < -0.39 is 0 Å². The maximum absolute atomic E-state index is 12.6. The Morgan fingerprint density at radius 1 is 1.07 bits per heavy atom. The van der Waals surface area contributed by atoms with Crippen LogP contribution in [0.4, 0.5) is 5.82 Å². The lowest BCUT2D eigenvalue weighted by molar-refractivity contribution is -0.117. The van der Waals surface area contributed by atoms with E-state index in [2.05, 4.69) is 24.1 Å². The van der Waals surface area contributed by atoms with Gasteiger partial charge in [-0.1, -0.05) is 32.0 Å². The molecule has 2 aliphatic rings. The lowest BCUT2D eigenvalue weighted by Gasteiger charge is -2.45. The van der Waals surface area contributed by atoms with Crippen LogP contribution in [0.25, 0.3) is 16.9 Å². The third-order valence-corrected chi connectivity index (χ3v) is 5.64. The SMILES string of the molecule is CC1(C)CN(C(=O)c2ccc(-c3cccc4nc(NC(=O)C5CC5)cn34)cc2)C1. The number of carbonyl (C=O) groups is 2. The molecule has 6 nitrogen and oxygen atoms in total.